The molecule has 0 aliphatic rings. The van der Waals surface area contributed by atoms with Crippen molar-refractivity contribution in [1.82, 2.24) is 0 Å². The predicted octanol–water partition coefficient (Wildman–Crippen LogP) is 3.62. The maximum Gasteiger partial charge on any atom is 0.226 e. The van der Waals surface area contributed by atoms with Gasteiger partial charge in [-0.3, -0.25) is 0 Å². The minimum absolute atomic E-state index is 0.244. The van der Waals surface area contributed by atoms with E-state index in [9.17, 15) is 5.11 Å². The molecule has 2 rings (SSSR count). The molecule has 0 saturated carbocycles. The summed E-state index contributed by atoms with van der Waals surface area (Å²) < 4.78 is 0. The number of phenolic OH excluding ortho intramolecular Hbond substituents is 1. The van der Waals surface area contributed by atoms with Crippen molar-refractivity contribution in [3.8, 4) is 23.1 Å². The molecule has 4 heteroatoms. The van der Waals surface area contributed by atoms with Gasteiger partial charge in [-0.05, 0) is 35.4 Å². The van der Waals surface area contributed by atoms with Crippen molar-refractivity contribution in [1.29, 1.82) is 5.26 Å². The second kappa shape index (κ2) is 4.90. The summed E-state index contributed by atoms with van der Waals surface area (Å²) in [5.41, 5.74) is 2.65. The number of aromatic hydroxyl groups is 1. The number of nitriles is 1. The van der Waals surface area contributed by atoms with Crippen LogP contribution in [0.3, 0.4) is 0 Å². The van der Waals surface area contributed by atoms with Gasteiger partial charge in [0.05, 0.1) is 5.69 Å². The smallest absolute Gasteiger partial charge is 0.226 e. The van der Waals surface area contributed by atoms with Gasteiger partial charge in [-0.2, -0.15) is 5.26 Å². The normalized spacial score (nSPS) is 10.3. The van der Waals surface area contributed by atoms with Crippen molar-refractivity contribution >= 4 is 5.69 Å². The topological polar surface area (TPSA) is 68.7 Å². The van der Waals surface area contributed by atoms with Gasteiger partial charge in [0, 0.05) is 0 Å². The fourth-order valence-corrected chi connectivity index (χ4v) is 1.45. The molecule has 0 unspecified atom stereocenters. The number of azo groups is 1. The fraction of sp³-hybridized carbons (Fsp3) is 0. The number of benzene rings is 2. The zero-order valence-electron chi connectivity index (χ0n) is 8.91. The number of hydrogen-bond donors (Lipinski definition) is 1. The number of rotatable bonds is 2. The first-order valence-corrected chi connectivity index (χ1v) is 4.99. The first kappa shape index (κ1) is 10.8. The van der Waals surface area contributed by atoms with Crippen molar-refractivity contribution in [2.45, 2.75) is 0 Å². The summed E-state index contributed by atoms with van der Waals surface area (Å²) in [4.78, 5) is 0. The Kier molecular flexibility index (Phi) is 3.13. The maximum atomic E-state index is 9.19. The van der Waals surface area contributed by atoms with Crippen LogP contribution in [0, 0.1) is 11.5 Å². The highest BCUT2D eigenvalue weighted by Crippen LogP contribution is 2.24. The van der Waals surface area contributed by atoms with Crippen molar-refractivity contribution in [3.05, 3.63) is 48.5 Å². The standard InChI is InChI=1S/C13H9N3O/c14-9-15-16-12-5-1-10(2-6-12)11-3-7-13(17)8-4-11/h1-8,17H. The molecule has 4 nitrogen and oxygen atoms in total. The zero-order valence-corrected chi connectivity index (χ0v) is 8.91. The molecule has 2 aromatic carbocycles. The van der Waals surface area contributed by atoms with Crippen LogP contribution in [-0.2, 0) is 0 Å². The lowest BCUT2D eigenvalue weighted by atomic mass is 10.1. The second-order valence-corrected chi connectivity index (χ2v) is 3.39. The van der Waals surface area contributed by atoms with Gasteiger partial charge >= 0.3 is 0 Å². The van der Waals surface area contributed by atoms with E-state index < -0.39 is 0 Å². The quantitative estimate of drug-likeness (QED) is 0.623. The Bertz CT molecular complexity index is 565. The van der Waals surface area contributed by atoms with Crippen LogP contribution in [0.4, 0.5) is 5.69 Å². The maximum absolute atomic E-state index is 9.19. The molecule has 0 amide bonds. The average molecular weight is 223 g/mol. The molecule has 0 aromatic heterocycles. The minimum atomic E-state index is 0.244. The van der Waals surface area contributed by atoms with Crippen LogP contribution < -0.4 is 0 Å². The molecule has 17 heavy (non-hydrogen) atoms. The van der Waals surface area contributed by atoms with E-state index in [2.05, 4.69) is 10.2 Å². The first-order valence-electron chi connectivity index (χ1n) is 4.99. The van der Waals surface area contributed by atoms with Crippen LogP contribution >= 0.6 is 0 Å². The van der Waals surface area contributed by atoms with Crippen LogP contribution in [0.1, 0.15) is 0 Å². The molecule has 0 aliphatic carbocycles. The average Bonchev–Trinajstić information content (AvgIpc) is 2.38. The fourth-order valence-electron chi connectivity index (χ4n) is 1.45. The summed E-state index contributed by atoms with van der Waals surface area (Å²) in [6, 6.07) is 14.3. The van der Waals surface area contributed by atoms with Gasteiger partial charge in [0.1, 0.15) is 5.75 Å². The van der Waals surface area contributed by atoms with E-state index in [1.54, 1.807) is 30.5 Å². The van der Waals surface area contributed by atoms with E-state index in [4.69, 9.17) is 5.26 Å². The third-order valence-electron chi connectivity index (χ3n) is 2.28. The van der Waals surface area contributed by atoms with Gasteiger partial charge in [-0.15, -0.1) is 5.11 Å². The van der Waals surface area contributed by atoms with E-state index in [1.807, 2.05) is 24.3 Å². The lowest BCUT2D eigenvalue weighted by molar-refractivity contribution is 0.475. The predicted molar refractivity (Wildman–Crippen MR) is 63.7 cm³/mol. The first-order chi connectivity index (χ1) is 8.29. The summed E-state index contributed by atoms with van der Waals surface area (Å²) >= 11 is 0. The molecule has 0 heterocycles. The molecule has 0 radical (unpaired) electrons. The molecule has 0 saturated heterocycles. The molecular weight excluding hydrogens is 214 g/mol. The number of nitrogens with zero attached hydrogens (tertiary/aromatic N) is 3. The summed E-state index contributed by atoms with van der Waals surface area (Å²) in [7, 11) is 0. The van der Waals surface area contributed by atoms with Crippen molar-refractivity contribution < 1.29 is 5.11 Å². The molecule has 0 aliphatic heterocycles. The zero-order chi connectivity index (χ0) is 12.1. The minimum Gasteiger partial charge on any atom is -0.508 e. The Morgan fingerprint density at radius 1 is 0.882 bits per heavy atom. The third kappa shape index (κ3) is 2.67. The Hall–Kier alpha value is -2.67. The highest BCUT2D eigenvalue weighted by Gasteiger charge is 1.97. The summed E-state index contributed by atoms with van der Waals surface area (Å²) in [5.74, 6) is 0.244. The van der Waals surface area contributed by atoms with Gasteiger partial charge in [0.25, 0.3) is 0 Å². The van der Waals surface area contributed by atoms with Crippen LogP contribution in [0.15, 0.2) is 58.8 Å². The van der Waals surface area contributed by atoms with Crippen LogP contribution in [-0.4, -0.2) is 5.11 Å². The molecule has 2 aromatic rings. The second-order valence-electron chi connectivity index (χ2n) is 3.39. The molecule has 0 spiro atoms. The van der Waals surface area contributed by atoms with E-state index in [0.717, 1.165) is 11.1 Å². The Balaban J connectivity index is 2.26. The van der Waals surface area contributed by atoms with Crippen LogP contribution in [0.2, 0.25) is 0 Å². The van der Waals surface area contributed by atoms with Gasteiger partial charge in [-0.1, -0.05) is 29.4 Å². The van der Waals surface area contributed by atoms with Crippen molar-refractivity contribution in [3.63, 3.8) is 0 Å². The molecule has 0 fully saturated rings. The van der Waals surface area contributed by atoms with Gasteiger partial charge in [0.2, 0.25) is 6.19 Å². The Labute approximate surface area is 98.5 Å². The molecule has 0 bridgehead atoms. The highest BCUT2D eigenvalue weighted by atomic mass is 16.3. The lowest BCUT2D eigenvalue weighted by Crippen LogP contribution is -1.76. The van der Waals surface area contributed by atoms with E-state index in [-0.39, 0.29) is 5.75 Å². The molecule has 0 atom stereocenters. The van der Waals surface area contributed by atoms with E-state index in [0.29, 0.717) is 5.69 Å². The Morgan fingerprint density at radius 2 is 1.41 bits per heavy atom. The van der Waals surface area contributed by atoms with Crippen molar-refractivity contribution in [2.24, 2.45) is 10.2 Å². The summed E-state index contributed by atoms with van der Waals surface area (Å²) in [6.07, 6.45) is 1.60. The molecular formula is C13H9N3O. The van der Waals surface area contributed by atoms with Crippen molar-refractivity contribution in [2.75, 3.05) is 0 Å². The van der Waals surface area contributed by atoms with Crippen LogP contribution in [0.5, 0.6) is 5.75 Å². The van der Waals surface area contributed by atoms with Gasteiger partial charge in [0.15, 0.2) is 0 Å². The monoisotopic (exact) mass is 223 g/mol. The van der Waals surface area contributed by atoms with E-state index in [1.165, 1.54) is 0 Å². The Morgan fingerprint density at radius 3 is 1.94 bits per heavy atom. The van der Waals surface area contributed by atoms with Gasteiger partial charge < -0.3 is 5.11 Å². The largest absolute Gasteiger partial charge is 0.508 e. The SMILES string of the molecule is N#CN=Nc1ccc(-c2ccc(O)cc2)cc1. The highest BCUT2D eigenvalue weighted by molar-refractivity contribution is 5.65. The molecule has 1 N–H and O–H groups in total. The van der Waals surface area contributed by atoms with Crippen LogP contribution in [0.25, 0.3) is 11.1 Å². The number of phenols is 1. The third-order valence-corrected chi connectivity index (χ3v) is 2.28. The van der Waals surface area contributed by atoms with E-state index >= 15 is 0 Å². The number of hydrogen-bond acceptors (Lipinski definition) is 4. The van der Waals surface area contributed by atoms with Gasteiger partial charge in [-0.25, -0.2) is 0 Å². The summed E-state index contributed by atoms with van der Waals surface area (Å²) in [6.45, 7) is 0. The molecule has 82 valence electrons. The lowest BCUT2D eigenvalue weighted by Gasteiger charge is -2.01. The summed E-state index contributed by atoms with van der Waals surface area (Å²) in [5, 5.41) is 24.4.